The summed E-state index contributed by atoms with van der Waals surface area (Å²) < 4.78 is 5.25. The Hall–Kier alpha value is -2.31. The number of fused-ring (bicyclic) bond motifs is 1. The van der Waals surface area contributed by atoms with Gasteiger partial charge in [0, 0.05) is 12.6 Å². The van der Waals surface area contributed by atoms with Crippen molar-refractivity contribution in [3.05, 3.63) is 64.7 Å². The highest BCUT2D eigenvalue weighted by Gasteiger charge is 2.20. The van der Waals surface area contributed by atoms with E-state index in [0.29, 0.717) is 17.4 Å². The summed E-state index contributed by atoms with van der Waals surface area (Å²) in [5.74, 6) is 0.645. The third-order valence-corrected chi connectivity index (χ3v) is 4.03. The number of nitrogens with one attached hydrogen (secondary N) is 1. The molecular weight excluding hydrogens is 260 g/mol. The van der Waals surface area contributed by atoms with Crippen molar-refractivity contribution in [1.29, 1.82) is 5.26 Å². The van der Waals surface area contributed by atoms with Crippen molar-refractivity contribution in [3.8, 4) is 11.8 Å². The number of rotatable bonds is 4. The van der Waals surface area contributed by atoms with Crippen LogP contribution in [0.15, 0.2) is 42.5 Å². The third kappa shape index (κ3) is 2.91. The van der Waals surface area contributed by atoms with E-state index < -0.39 is 0 Å². The normalized spacial score (nSPS) is 13.7. The Labute approximate surface area is 125 Å². The molecule has 21 heavy (non-hydrogen) atoms. The largest absolute Gasteiger partial charge is 0.495 e. The molecule has 0 bridgehead atoms. The fourth-order valence-electron chi connectivity index (χ4n) is 2.90. The third-order valence-electron chi connectivity index (χ3n) is 4.03. The average Bonchev–Trinajstić information content (AvgIpc) is 2.95. The topological polar surface area (TPSA) is 45.0 Å². The maximum absolute atomic E-state index is 9.00. The quantitative estimate of drug-likeness (QED) is 0.935. The molecule has 1 aliphatic rings. The first-order valence-electron chi connectivity index (χ1n) is 7.17. The lowest BCUT2D eigenvalue weighted by Crippen LogP contribution is -2.28. The molecule has 1 N–H and O–H groups in total. The number of ether oxygens (including phenoxy) is 1. The summed E-state index contributed by atoms with van der Waals surface area (Å²) in [4.78, 5) is 0. The van der Waals surface area contributed by atoms with Crippen molar-refractivity contribution in [2.75, 3.05) is 7.11 Å². The first-order valence-corrected chi connectivity index (χ1v) is 7.17. The Morgan fingerprint density at radius 1 is 1.19 bits per heavy atom. The summed E-state index contributed by atoms with van der Waals surface area (Å²) in [6.45, 7) is 0.792. The predicted molar refractivity (Wildman–Crippen MR) is 82.2 cm³/mol. The van der Waals surface area contributed by atoms with E-state index in [2.05, 4.69) is 35.7 Å². The van der Waals surface area contributed by atoms with E-state index in [1.54, 1.807) is 7.11 Å². The van der Waals surface area contributed by atoms with Gasteiger partial charge in [0.05, 0.1) is 12.7 Å². The Morgan fingerprint density at radius 2 is 1.90 bits per heavy atom. The average molecular weight is 278 g/mol. The second-order valence-corrected chi connectivity index (χ2v) is 5.40. The Kier molecular flexibility index (Phi) is 3.89. The zero-order valence-electron chi connectivity index (χ0n) is 12.1. The zero-order chi connectivity index (χ0) is 14.7. The highest BCUT2D eigenvalue weighted by molar-refractivity contribution is 5.45. The molecule has 2 aromatic rings. The van der Waals surface area contributed by atoms with Crippen LogP contribution in [-0.4, -0.2) is 13.2 Å². The van der Waals surface area contributed by atoms with Crippen molar-refractivity contribution in [1.82, 2.24) is 5.32 Å². The number of nitriles is 1. The molecule has 2 aromatic carbocycles. The second kappa shape index (κ2) is 5.99. The van der Waals surface area contributed by atoms with Gasteiger partial charge >= 0.3 is 0 Å². The van der Waals surface area contributed by atoms with Crippen LogP contribution in [-0.2, 0) is 19.4 Å². The highest BCUT2D eigenvalue weighted by Crippen LogP contribution is 2.23. The second-order valence-electron chi connectivity index (χ2n) is 5.40. The van der Waals surface area contributed by atoms with Crippen molar-refractivity contribution in [2.24, 2.45) is 0 Å². The lowest BCUT2D eigenvalue weighted by Gasteiger charge is -2.13. The fourth-order valence-corrected chi connectivity index (χ4v) is 2.90. The first-order chi connectivity index (χ1) is 10.3. The lowest BCUT2D eigenvalue weighted by molar-refractivity contribution is 0.412. The van der Waals surface area contributed by atoms with Crippen LogP contribution in [0.2, 0.25) is 0 Å². The van der Waals surface area contributed by atoms with Crippen molar-refractivity contribution >= 4 is 0 Å². The summed E-state index contributed by atoms with van der Waals surface area (Å²) in [5.41, 5.74) is 4.62. The lowest BCUT2D eigenvalue weighted by atomic mass is 10.1. The Bertz CT molecular complexity index is 663. The Balaban J connectivity index is 1.63. The van der Waals surface area contributed by atoms with Gasteiger partial charge in [-0.3, -0.25) is 0 Å². The number of hydrogen-bond donors (Lipinski definition) is 1. The summed E-state index contributed by atoms with van der Waals surface area (Å²) in [7, 11) is 1.60. The molecule has 0 radical (unpaired) electrons. The van der Waals surface area contributed by atoms with Gasteiger partial charge in [-0.2, -0.15) is 5.26 Å². The minimum atomic E-state index is 0.490. The molecular formula is C18H18N2O. The van der Waals surface area contributed by atoms with Crippen LogP contribution >= 0.6 is 0 Å². The van der Waals surface area contributed by atoms with E-state index in [4.69, 9.17) is 10.00 Å². The molecule has 0 heterocycles. The van der Waals surface area contributed by atoms with Crippen molar-refractivity contribution in [3.63, 3.8) is 0 Å². The smallest absolute Gasteiger partial charge is 0.136 e. The highest BCUT2D eigenvalue weighted by atomic mass is 16.5. The maximum Gasteiger partial charge on any atom is 0.136 e. The van der Waals surface area contributed by atoms with Gasteiger partial charge in [-0.1, -0.05) is 30.3 Å². The van der Waals surface area contributed by atoms with Gasteiger partial charge in [0.2, 0.25) is 0 Å². The molecule has 0 atom stereocenters. The van der Waals surface area contributed by atoms with Gasteiger partial charge < -0.3 is 10.1 Å². The van der Waals surface area contributed by atoms with Gasteiger partial charge in [-0.05, 0) is 41.7 Å². The molecule has 3 nitrogen and oxygen atoms in total. The molecule has 0 aliphatic heterocycles. The van der Waals surface area contributed by atoms with E-state index in [0.717, 1.165) is 24.9 Å². The summed E-state index contributed by atoms with van der Waals surface area (Å²) in [6.07, 6.45) is 2.17. The molecule has 3 heteroatoms. The van der Waals surface area contributed by atoms with Gasteiger partial charge in [0.1, 0.15) is 11.8 Å². The van der Waals surface area contributed by atoms with Gasteiger partial charge in [-0.25, -0.2) is 0 Å². The van der Waals surface area contributed by atoms with E-state index in [1.165, 1.54) is 11.1 Å². The molecule has 1 aliphatic carbocycles. The molecule has 0 saturated carbocycles. The predicted octanol–water partition coefficient (Wildman–Crippen LogP) is 2.82. The summed E-state index contributed by atoms with van der Waals surface area (Å²) in [6, 6.07) is 17.0. The van der Waals surface area contributed by atoms with Crippen molar-refractivity contribution in [2.45, 2.75) is 25.4 Å². The first kappa shape index (κ1) is 13.7. The van der Waals surface area contributed by atoms with Gasteiger partial charge in [0.15, 0.2) is 0 Å². The summed E-state index contributed by atoms with van der Waals surface area (Å²) >= 11 is 0. The van der Waals surface area contributed by atoms with Gasteiger partial charge in [0.25, 0.3) is 0 Å². The fraction of sp³-hybridized carbons (Fsp3) is 0.278. The minimum Gasteiger partial charge on any atom is -0.495 e. The number of benzene rings is 2. The minimum absolute atomic E-state index is 0.490. The molecule has 0 fully saturated rings. The van der Waals surface area contributed by atoms with Gasteiger partial charge in [-0.15, -0.1) is 0 Å². The van der Waals surface area contributed by atoms with E-state index >= 15 is 0 Å². The number of hydrogen-bond acceptors (Lipinski definition) is 3. The van der Waals surface area contributed by atoms with Crippen LogP contribution in [0.25, 0.3) is 0 Å². The molecule has 0 spiro atoms. The van der Waals surface area contributed by atoms with Crippen molar-refractivity contribution < 1.29 is 4.74 Å². The summed E-state index contributed by atoms with van der Waals surface area (Å²) in [5, 5.41) is 12.6. The van der Waals surface area contributed by atoms with E-state index in [9.17, 15) is 0 Å². The van der Waals surface area contributed by atoms with Crippen LogP contribution in [0.5, 0.6) is 5.75 Å². The van der Waals surface area contributed by atoms with Crippen LogP contribution in [0.4, 0.5) is 0 Å². The molecule has 0 aromatic heterocycles. The number of methoxy groups -OCH3 is 1. The van der Waals surface area contributed by atoms with Crippen LogP contribution in [0, 0.1) is 11.3 Å². The number of nitrogens with zero attached hydrogens (tertiary/aromatic N) is 1. The van der Waals surface area contributed by atoms with Crippen LogP contribution in [0.3, 0.4) is 0 Å². The Morgan fingerprint density at radius 3 is 2.52 bits per heavy atom. The van der Waals surface area contributed by atoms with E-state index in [-0.39, 0.29) is 0 Å². The maximum atomic E-state index is 9.00. The zero-order valence-corrected chi connectivity index (χ0v) is 12.1. The molecule has 3 rings (SSSR count). The monoisotopic (exact) mass is 278 g/mol. The molecule has 0 unspecified atom stereocenters. The standard InChI is InChI=1S/C18H18N2O/c1-21-18-8-13(6-7-16(18)11-19)12-20-17-9-14-4-2-3-5-15(14)10-17/h2-8,17,20H,9-10,12H2,1H3. The van der Waals surface area contributed by atoms with Crippen LogP contribution in [0.1, 0.15) is 22.3 Å². The van der Waals surface area contributed by atoms with E-state index in [1.807, 2.05) is 18.2 Å². The molecule has 106 valence electrons. The molecule has 0 amide bonds. The molecule has 0 saturated heterocycles. The SMILES string of the molecule is COc1cc(CNC2Cc3ccccc3C2)ccc1C#N. The van der Waals surface area contributed by atoms with Crippen LogP contribution < -0.4 is 10.1 Å².